The zero-order valence-corrected chi connectivity index (χ0v) is 16.6. The molecule has 0 saturated carbocycles. The molecule has 1 fully saturated rings. The highest BCUT2D eigenvalue weighted by atomic mass is 32.2. The lowest BCUT2D eigenvalue weighted by molar-refractivity contribution is -0.131. The van der Waals surface area contributed by atoms with E-state index in [0.29, 0.717) is 37.2 Å². The van der Waals surface area contributed by atoms with E-state index in [4.69, 9.17) is 0 Å². The molecule has 1 amide bonds. The summed E-state index contributed by atoms with van der Waals surface area (Å²) in [6.45, 7) is 4.91. The van der Waals surface area contributed by atoms with Gasteiger partial charge in [0.1, 0.15) is 0 Å². The number of likely N-dealkylation sites (tertiary alicyclic amines) is 1. The van der Waals surface area contributed by atoms with E-state index in [1.807, 2.05) is 61.2 Å². The Balaban J connectivity index is 1.56. The van der Waals surface area contributed by atoms with Crippen molar-refractivity contribution in [1.29, 1.82) is 0 Å². The van der Waals surface area contributed by atoms with Gasteiger partial charge in [0.25, 0.3) is 0 Å². The van der Waals surface area contributed by atoms with Crippen LogP contribution in [0.5, 0.6) is 0 Å². The van der Waals surface area contributed by atoms with Crippen LogP contribution in [-0.4, -0.2) is 38.4 Å². The van der Waals surface area contributed by atoms with Crippen molar-refractivity contribution in [1.82, 2.24) is 9.62 Å². The summed E-state index contributed by atoms with van der Waals surface area (Å²) in [7, 11) is -3.55. The third kappa shape index (κ3) is 4.96. The maximum absolute atomic E-state index is 12.7. The van der Waals surface area contributed by atoms with Crippen LogP contribution in [0.15, 0.2) is 53.4 Å². The van der Waals surface area contributed by atoms with Gasteiger partial charge in [-0.15, -0.1) is 0 Å². The normalized spacial score (nSPS) is 15.7. The molecule has 27 heavy (non-hydrogen) atoms. The molecule has 2 aromatic rings. The first-order chi connectivity index (χ1) is 12.8. The van der Waals surface area contributed by atoms with Gasteiger partial charge < -0.3 is 4.90 Å². The van der Waals surface area contributed by atoms with Crippen LogP contribution in [-0.2, 0) is 21.2 Å². The van der Waals surface area contributed by atoms with Crippen molar-refractivity contribution in [2.45, 2.75) is 44.0 Å². The fourth-order valence-electron chi connectivity index (χ4n) is 3.51. The molecule has 0 radical (unpaired) electrons. The van der Waals surface area contributed by atoms with Crippen molar-refractivity contribution in [2.24, 2.45) is 0 Å². The Morgan fingerprint density at radius 1 is 1.07 bits per heavy atom. The lowest BCUT2D eigenvalue weighted by Crippen LogP contribution is -2.47. The summed E-state index contributed by atoms with van der Waals surface area (Å²) in [6.07, 6.45) is 1.65. The van der Waals surface area contributed by atoms with E-state index >= 15 is 0 Å². The Morgan fingerprint density at radius 3 is 2.37 bits per heavy atom. The van der Waals surface area contributed by atoms with Crippen molar-refractivity contribution in [3.05, 3.63) is 65.2 Å². The standard InChI is InChI=1S/C21H26N2O3S/c1-16-8-9-20(17(2)14-16)27(25,26)22-19-10-12-23(13-11-19)21(24)15-18-6-4-3-5-7-18/h3-9,14,19,22H,10-13,15H2,1-2H3. The van der Waals surface area contributed by atoms with Crippen molar-refractivity contribution in [3.8, 4) is 0 Å². The van der Waals surface area contributed by atoms with Gasteiger partial charge in [-0.1, -0.05) is 48.0 Å². The second-order valence-corrected chi connectivity index (χ2v) is 8.89. The topological polar surface area (TPSA) is 66.5 Å². The minimum atomic E-state index is -3.55. The summed E-state index contributed by atoms with van der Waals surface area (Å²) in [5.74, 6) is 0.0943. The Morgan fingerprint density at radius 2 is 1.74 bits per heavy atom. The molecule has 1 aliphatic rings. The van der Waals surface area contributed by atoms with E-state index in [2.05, 4.69) is 4.72 Å². The molecule has 0 aliphatic carbocycles. The number of amides is 1. The zero-order valence-electron chi connectivity index (χ0n) is 15.8. The molecule has 1 N–H and O–H groups in total. The summed E-state index contributed by atoms with van der Waals surface area (Å²) >= 11 is 0. The molecule has 144 valence electrons. The fraction of sp³-hybridized carbons (Fsp3) is 0.381. The van der Waals surface area contributed by atoms with Crippen molar-refractivity contribution in [3.63, 3.8) is 0 Å². The number of nitrogens with zero attached hydrogens (tertiary/aromatic N) is 1. The molecule has 5 nitrogen and oxygen atoms in total. The van der Waals surface area contributed by atoms with E-state index in [1.165, 1.54) is 0 Å². The molecule has 0 aromatic heterocycles. The maximum atomic E-state index is 12.7. The van der Waals surface area contributed by atoms with E-state index in [1.54, 1.807) is 6.07 Å². The van der Waals surface area contributed by atoms with E-state index in [-0.39, 0.29) is 11.9 Å². The average molecular weight is 387 g/mol. The van der Waals surface area contributed by atoms with E-state index in [9.17, 15) is 13.2 Å². The van der Waals surface area contributed by atoms with Gasteiger partial charge in [0.15, 0.2) is 0 Å². The molecule has 0 spiro atoms. The van der Waals surface area contributed by atoms with Gasteiger partial charge >= 0.3 is 0 Å². The van der Waals surface area contributed by atoms with Crippen molar-refractivity contribution >= 4 is 15.9 Å². The van der Waals surface area contributed by atoms with Crippen molar-refractivity contribution < 1.29 is 13.2 Å². The van der Waals surface area contributed by atoms with Crippen LogP contribution in [0.25, 0.3) is 0 Å². The molecule has 6 heteroatoms. The largest absolute Gasteiger partial charge is 0.342 e. The Labute approximate surface area is 161 Å². The summed E-state index contributed by atoms with van der Waals surface area (Å²) in [5.41, 5.74) is 2.79. The molecular formula is C21H26N2O3S. The number of nitrogens with one attached hydrogen (secondary N) is 1. The quantitative estimate of drug-likeness (QED) is 0.859. The highest BCUT2D eigenvalue weighted by Crippen LogP contribution is 2.19. The van der Waals surface area contributed by atoms with Crippen LogP contribution in [0.4, 0.5) is 0 Å². The van der Waals surface area contributed by atoms with Crippen LogP contribution in [0.3, 0.4) is 0 Å². The smallest absolute Gasteiger partial charge is 0.241 e. The first-order valence-electron chi connectivity index (χ1n) is 9.26. The third-order valence-corrected chi connectivity index (χ3v) is 6.67. The van der Waals surface area contributed by atoms with E-state index < -0.39 is 10.0 Å². The van der Waals surface area contributed by atoms with E-state index in [0.717, 1.165) is 16.7 Å². The monoisotopic (exact) mass is 386 g/mol. The lowest BCUT2D eigenvalue weighted by atomic mass is 10.0. The van der Waals surface area contributed by atoms with Gasteiger partial charge in [-0.3, -0.25) is 4.79 Å². The third-order valence-electron chi connectivity index (χ3n) is 4.99. The minimum absolute atomic E-state index is 0.0943. The molecule has 1 saturated heterocycles. The predicted octanol–water partition coefficient (Wildman–Crippen LogP) is 2.82. The number of carbonyl (C=O) groups is 1. The first kappa shape index (κ1) is 19.6. The molecule has 0 bridgehead atoms. The number of piperidine rings is 1. The Bertz CT molecular complexity index is 902. The van der Waals surface area contributed by atoms with Gasteiger partial charge in [-0.25, -0.2) is 13.1 Å². The highest BCUT2D eigenvalue weighted by Gasteiger charge is 2.27. The first-order valence-corrected chi connectivity index (χ1v) is 10.7. The summed E-state index contributed by atoms with van der Waals surface area (Å²) in [5, 5.41) is 0. The maximum Gasteiger partial charge on any atom is 0.241 e. The molecule has 1 aliphatic heterocycles. The molecule has 0 unspecified atom stereocenters. The Kier molecular flexibility index (Phi) is 5.97. The number of sulfonamides is 1. The van der Waals surface area contributed by atoms with Crippen molar-refractivity contribution in [2.75, 3.05) is 13.1 Å². The van der Waals surface area contributed by atoms with Crippen LogP contribution < -0.4 is 4.72 Å². The van der Waals surface area contributed by atoms with Crippen LogP contribution in [0.1, 0.15) is 29.5 Å². The molecule has 0 atom stereocenters. The number of carbonyl (C=O) groups excluding carboxylic acids is 1. The zero-order chi connectivity index (χ0) is 19.4. The highest BCUT2D eigenvalue weighted by molar-refractivity contribution is 7.89. The number of benzene rings is 2. The summed E-state index contributed by atoms with van der Waals surface area (Å²) in [4.78, 5) is 14.6. The number of hydrogen-bond donors (Lipinski definition) is 1. The molecular weight excluding hydrogens is 360 g/mol. The predicted molar refractivity (Wildman–Crippen MR) is 106 cm³/mol. The number of hydrogen-bond acceptors (Lipinski definition) is 3. The second kappa shape index (κ2) is 8.23. The van der Waals surface area contributed by atoms with Crippen LogP contribution >= 0.6 is 0 Å². The average Bonchev–Trinajstić information content (AvgIpc) is 2.62. The minimum Gasteiger partial charge on any atom is -0.342 e. The van der Waals surface area contributed by atoms with Gasteiger partial charge in [0.2, 0.25) is 15.9 Å². The second-order valence-electron chi connectivity index (χ2n) is 7.21. The van der Waals surface area contributed by atoms with Crippen LogP contribution in [0.2, 0.25) is 0 Å². The molecule has 2 aromatic carbocycles. The molecule has 1 heterocycles. The summed E-state index contributed by atoms with van der Waals surface area (Å²) in [6, 6.07) is 14.9. The molecule has 3 rings (SSSR count). The number of aryl methyl sites for hydroxylation is 2. The van der Waals surface area contributed by atoms with Gasteiger partial charge in [-0.2, -0.15) is 0 Å². The Hall–Kier alpha value is -2.18. The summed E-state index contributed by atoms with van der Waals surface area (Å²) < 4.78 is 28.2. The van der Waals surface area contributed by atoms with Gasteiger partial charge in [0.05, 0.1) is 11.3 Å². The number of rotatable bonds is 5. The van der Waals surface area contributed by atoms with Crippen LogP contribution in [0, 0.1) is 13.8 Å². The fourth-order valence-corrected chi connectivity index (χ4v) is 5.04. The lowest BCUT2D eigenvalue weighted by Gasteiger charge is -2.32. The van der Waals surface area contributed by atoms with Gasteiger partial charge in [0, 0.05) is 19.1 Å². The van der Waals surface area contributed by atoms with Gasteiger partial charge in [-0.05, 0) is 43.9 Å². The SMILES string of the molecule is Cc1ccc(S(=O)(=O)NC2CCN(C(=O)Cc3ccccc3)CC2)c(C)c1.